The number of likely N-dealkylation sites (tertiary alicyclic amines) is 1. The second-order valence-electron chi connectivity index (χ2n) is 5.62. The van der Waals surface area contributed by atoms with Crippen molar-refractivity contribution in [1.29, 1.82) is 0 Å². The van der Waals surface area contributed by atoms with Crippen molar-refractivity contribution < 1.29 is 9.18 Å². The van der Waals surface area contributed by atoms with Gasteiger partial charge in [0.05, 0.1) is 6.54 Å². The fraction of sp³-hybridized carbons (Fsp3) is 0.375. The summed E-state index contributed by atoms with van der Waals surface area (Å²) in [4.78, 5) is 14.1. The summed E-state index contributed by atoms with van der Waals surface area (Å²) in [6.07, 6.45) is 5.65. The molecule has 5 nitrogen and oxygen atoms in total. The number of nitrogens with zero attached hydrogens (tertiary/aromatic N) is 3. The number of carbonyl (C=O) groups is 1. The molecule has 0 saturated carbocycles. The maximum absolute atomic E-state index is 13.1. The van der Waals surface area contributed by atoms with Crippen LogP contribution in [0.2, 0.25) is 0 Å². The second kappa shape index (κ2) is 6.27. The number of primary amides is 1. The number of nitrogens with two attached hydrogens (primary N) is 1. The van der Waals surface area contributed by atoms with E-state index in [2.05, 4.69) is 10.00 Å². The molecule has 1 aromatic heterocycles. The predicted octanol–water partition coefficient (Wildman–Crippen LogP) is 1.71. The zero-order valence-electron chi connectivity index (χ0n) is 12.2. The van der Waals surface area contributed by atoms with Gasteiger partial charge in [0.25, 0.3) is 0 Å². The molecule has 3 rings (SSSR count). The highest BCUT2D eigenvalue weighted by atomic mass is 19.1. The Hall–Kier alpha value is -2.21. The van der Waals surface area contributed by atoms with E-state index in [1.54, 1.807) is 18.3 Å². The third-order valence-electron chi connectivity index (χ3n) is 4.17. The summed E-state index contributed by atoms with van der Waals surface area (Å²) in [7, 11) is 0. The van der Waals surface area contributed by atoms with Crippen LogP contribution in [0.5, 0.6) is 0 Å². The molecule has 1 saturated heterocycles. The first-order valence-electron chi connectivity index (χ1n) is 7.43. The average molecular weight is 302 g/mol. The van der Waals surface area contributed by atoms with Crippen molar-refractivity contribution in [2.75, 3.05) is 6.54 Å². The highest BCUT2D eigenvalue weighted by Crippen LogP contribution is 2.30. The van der Waals surface area contributed by atoms with E-state index in [1.165, 1.54) is 12.1 Å². The second-order valence-corrected chi connectivity index (χ2v) is 5.62. The Balaban J connectivity index is 1.83. The van der Waals surface area contributed by atoms with Gasteiger partial charge in [-0.15, -0.1) is 0 Å². The number of halogens is 1. The number of hydrogen-bond donors (Lipinski definition) is 1. The number of hydrogen-bond acceptors (Lipinski definition) is 3. The Kier molecular flexibility index (Phi) is 4.20. The minimum atomic E-state index is -0.524. The normalized spacial score (nSPS) is 20.1. The van der Waals surface area contributed by atoms with Crippen LogP contribution in [0, 0.1) is 5.82 Å². The van der Waals surface area contributed by atoms with Crippen molar-refractivity contribution in [2.24, 2.45) is 5.73 Å². The maximum Gasteiger partial charge on any atom is 0.239 e. The number of rotatable bonds is 5. The molecule has 0 bridgehead atoms. The molecule has 1 aliphatic heterocycles. The molecule has 0 unspecified atom stereocenters. The van der Waals surface area contributed by atoms with Crippen LogP contribution in [0.4, 0.5) is 4.39 Å². The van der Waals surface area contributed by atoms with Gasteiger partial charge in [-0.25, -0.2) is 4.39 Å². The summed E-state index contributed by atoms with van der Waals surface area (Å²) in [5.74, 6) is -0.722. The van der Waals surface area contributed by atoms with Crippen LogP contribution in [0.3, 0.4) is 0 Å². The summed E-state index contributed by atoms with van der Waals surface area (Å²) in [5.41, 5.74) is 6.36. The highest BCUT2D eigenvalue weighted by Gasteiger charge is 2.35. The Labute approximate surface area is 128 Å². The molecule has 22 heavy (non-hydrogen) atoms. The molecule has 0 aliphatic carbocycles. The fourth-order valence-corrected chi connectivity index (χ4v) is 3.18. The molecule has 1 amide bonds. The van der Waals surface area contributed by atoms with Crippen molar-refractivity contribution in [2.45, 2.75) is 31.5 Å². The molecule has 2 N–H and O–H groups in total. The Bertz CT molecular complexity index is 626. The van der Waals surface area contributed by atoms with Gasteiger partial charge in [-0.1, -0.05) is 12.1 Å². The van der Waals surface area contributed by atoms with Crippen molar-refractivity contribution >= 4 is 5.91 Å². The molecule has 2 atom stereocenters. The molecule has 1 fully saturated rings. The van der Waals surface area contributed by atoms with Gasteiger partial charge in [-0.3, -0.25) is 14.4 Å². The van der Waals surface area contributed by atoms with Crippen molar-refractivity contribution in [1.82, 2.24) is 14.7 Å². The SMILES string of the molecule is NC(=O)[C@@H](c1ccc(F)cc1)N1CCC[C@H]1Cn1cccn1. The molecule has 116 valence electrons. The van der Waals surface area contributed by atoms with E-state index in [0.29, 0.717) is 0 Å². The van der Waals surface area contributed by atoms with Gasteiger partial charge >= 0.3 is 0 Å². The molecule has 1 aliphatic rings. The lowest BCUT2D eigenvalue weighted by atomic mass is 10.0. The van der Waals surface area contributed by atoms with Crippen molar-refractivity contribution in [3.63, 3.8) is 0 Å². The molecule has 2 aromatic rings. The quantitative estimate of drug-likeness (QED) is 0.914. The fourth-order valence-electron chi connectivity index (χ4n) is 3.18. The lowest BCUT2D eigenvalue weighted by Gasteiger charge is -2.31. The maximum atomic E-state index is 13.1. The van der Waals surface area contributed by atoms with Gasteiger partial charge in [0.15, 0.2) is 0 Å². The average Bonchev–Trinajstić information content (AvgIpc) is 3.14. The standard InChI is InChI=1S/C16H19FN4O/c17-13-6-4-12(5-7-13)15(16(18)22)21-10-1-3-14(21)11-20-9-2-8-19-20/h2,4-9,14-15H,1,3,10-11H2,(H2,18,22)/t14-,15+/m0/s1. The van der Waals surface area contributed by atoms with Gasteiger partial charge in [0.1, 0.15) is 11.9 Å². The first-order valence-corrected chi connectivity index (χ1v) is 7.43. The molecule has 1 aromatic carbocycles. The third-order valence-corrected chi connectivity index (χ3v) is 4.17. The first kappa shape index (κ1) is 14.7. The van der Waals surface area contributed by atoms with Crippen LogP contribution in [0.1, 0.15) is 24.4 Å². The topological polar surface area (TPSA) is 64.2 Å². The summed E-state index contributed by atoms with van der Waals surface area (Å²) >= 11 is 0. The van der Waals surface area contributed by atoms with Crippen LogP contribution in [0.15, 0.2) is 42.7 Å². The number of carbonyl (C=O) groups excluding carboxylic acids is 1. The molecule has 0 radical (unpaired) electrons. The summed E-state index contributed by atoms with van der Waals surface area (Å²) in [6, 6.07) is 7.55. The van der Waals surface area contributed by atoms with Gasteiger partial charge in [0.2, 0.25) is 5.91 Å². The van der Waals surface area contributed by atoms with E-state index in [9.17, 15) is 9.18 Å². The largest absolute Gasteiger partial charge is 0.368 e. The zero-order chi connectivity index (χ0) is 15.5. The smallest absolute Gasteiger partial charge is 0.239 e. The predicted molar refractivity (Wildman–Crippen MR) is 80.3 cm³/mol. The van der Waals surface area contributed by atoms with Gasteiger partial charge in [0, 0.05) is 18.4 Å². The summed E-state index contributed by atoms with van der Waals surface area (Å²) < 4.78 is 15.0. The van der Waals surface area contributed by atoms with Crippen molar-refractivity contribution in [3.05, 3.63) is 54.1 Å². The van der Waals surface area contributed by atoms with E-state index in [-0.39, 0.29) is 11.9 Å². The van der Waals surface area contributed by atoms with E-state index in [0.717, 1.165) is 31.5 Å². The number of benzene rings is 1. The highest BCUT2D eigenvalue weighted by molar-refractivity contribution is 5.81. The summed E-state index contributed by atoms with van der Waals surface area (Å²) in [6.45, 7) is 1.52. The third kappa shape index (κ3) is 3.01. The van der Waals surface area contributed by atoms with E-state index in [1.807, 2.05) is 16.9 Å². The van der Waals surface area contributed by atoms with E-state index < -0.39 is 11.9 Å². The summed E-state index contributed by atoms with van der Waals surface area (Å²) in [5, 5.41) is 4.23. The zero-order valence-corrected chi connectivity index (χ0v) is 12.2. The molecule has 0 spiro atoms. The molecule has 2 heterocycles. The van der Waals surface area contributed by atoms with E-state index >= 15 is 0 Å². The lowest BCUT2D eigenvalue weighted by molar-refractivity contribution is -0.124. The molecular weight excluding hydrogens is 283 g/mol. The van der Waals surface area contributed by atoms with Gasteiger partial charge in [-0.2, -0.15) is 5.10 Å². The van der Waals surface area contributed by atoms with E-state index in [4.69, 9.17) is 5.73 Å². The van der Waals surface area contributed by atoms with Crippen LogP contribution in [-0.4, -0.2) is 33.2 Å². The number of aromatic nitrogens is 2. The van der Waals surface area contributed by atoms with Crippen LogP contribution in [-0.2, 0) is 11.3 Å². The van der Waals surface area contributed by atoms with Crippen molar-refractivity contribution in [3.8, 4) is 0 Å². The van der Waals surface area contributed by atoms with Crippen LogP contribution < -0.4 is 5.73 Å². The van der Waals surface area contributed by atoms with Crippen LogP contribution in [0.25, 0.3) is 0 Å². The Morgan fingerprint density at radius 1 is 1.41 bits per heavy atom. The minimum absolute atomic E-state index is 0.197. The Morgan fingerprint density at radius 3 is 2.82 bits per heavy atom. The lowest BCUT2D eigenvalue weighted by Crippen LogP contribution is -2.42. The van der Waals surface area contributed by atoms with Gasteiger partial charge < -0.3 is 5.73 Å². The monoisotopic (exact) mass is 302 g/mol. The van der Waals surface area contributed by atoms with Crippen LogP contribution >= 0.6 is 0 Å². The Morgan fingerprint density at radius 2 is 2.18 bits per heavy atom. The minimum Gasteiger partial charge on any atom is -0.368 e. The molecule has 6 heteroatoms. The molecular formula is C16H19FN4O. The van der Waals surface area contributed by atoms with Gasteiger partial charge in [-0.05, 0) is 43.1 Å². The first-order chi connectivity index (χ1) is 10.6. The number of amides is 1.